The van der Waals surface area contributed by atoms with Crippen LogP contribution in [0.15, 0.2) is 0 Å². The first-order chi connectivity index (χ1) is 6.17. The molecular weight excluding hydrogens is 179 g/mol. The summed E-state index contributed by atoms with van der Waals surface area (Å²) in [5.41, 5.74) is 0.158. The van der Waals surface area contributed by atoms with Crippen molar-refractivity contribution in [1.82, 2.24) is 0 Å². The molecule has 0 saturated heterocycles. The molecule has 0 spiro atoms. The van der Waals surface area contributed by atoms with Gasteiger partial charge in [0.2, 0.25) is 0 Å². The van der Waals surface area contributed by atoms with Crippen LogP contribution < -0.4 is 0 Å². The summed E-state index contributed by atoms with van der Waals surface area (Å²) in [5.74, 6) is 0.00449. The second-order valence-electron chi connectivity index (χ2n) is 6.29. The Bertz CT molecular complexity index is 153. The quantitative estimate of drug-likeness (QED) is 0.678. The lowest BCUT2D eigenvalue weighted by atomic mass is 9.82. The van der Waals surface area contributed by atoms with Crippen molar-refractivity contribution in [2.45, 2.75) is 41.5 Å². The summed E-state index contributed by atoms with van der Waals surface area (Å²) in [6.45, 7) is 13.4. The van der Waals surface area contributed by atoms with Crippen molar-refractivity contribution in [2.75, 3.05) is 19.9 Å². The van der Waals surface area contributed by atoms with E-state index in [1.165, 1.54) is 0 Å². The summed E-state index contributed by atoms with van der Waals surface area (Å²) >= 11 is 0. The third-order valence-electron chi connectivity index (χ3n) is 2.27. The maximum absolute atomic E-state index is 12.7. The fourth-order valence-electron chi connectivity index (χ4n) is 1.03. The molecule has 0 aromatic rings. The fraction of sp³-hybridized carbons (Fsp3) is 1.00. The molecule has 0 saturated carbocycles. The summed E-state index contributed by atoms with van der Waals surface area (Å²) in [6.07, 6.45) is 0. The van der Waals surface area contributed by atoms with Gasteiger partial charge in [0.05, 0.1) is 19.9 Å². The third-order valence-corrected chi connectivity index (χ3v) is 2.27. The Morgan fingerprint density at radius 1 is 1.07 bits per heavy atom. The second kappa shape index (κ2) is 5.11. The predicted octanol–water partition coefficient (Wildman–Crippen LogP) is 3.68. The van der Waals surface area contributed by atoms with Gasteiger partial charge < -0.3 is 4.74 Å². The lowest BCUT2D eigenvalue weighted by Gasteiger charge is -2.29. The van der Waals surface area contributed by atoms with Crippen LogP contribution in [0.5, 0.6) is 0 Å². The molecule has 0 fully saturated rings. The van der Waals surface area contributed by atoms with Crippen LogP contribution in [0.3, 0.4) is 0 Å². The standard InChI is InChI=1S/C12H25FO/c1-11(2,3)9-14-8-10(7-13)12(4,5)6/h10H,7-9H2,1-6H3. The van der Waals surface area contributed by atoms with Gasteiger partial charge in [-0.15, -0.1) is 0 Å². The smallest absolute Gasteiger partial charge is 0.0949 e. The summed E-state index contributed by atoms with van der Waals surface area (Å²) in [5, 5.41) is 0. The minimum atomic E-state index is -0.298. The molecule has 0 aromatic carbocycles. The normalized spacial score (nSPS) is 15.6. The molecule has 0 amide bonds. The molecule has 0 radical (unpaired) electrons. The zero-order valence-corrected chi connectivity index (χ0v) is 10.5. The minimum Gasteiger partial charge on any atom is -0.380 e. The largest absolute Gasteiger partial charge is 0.380 e. The summed E-state index contributed by atoms with van der Waals surface area (Å²) in [7, 11) is 0. The molecule has 0 bridgehead atoms. The van der Waals surface area contributed by atoms with Crippen LogP contribution in [-0.4, -0.2) is 19.9 Å². The predicted molar refractivity (Wildman–Crippen MR) is 59.2 cm³/mol. The van der Waals surface area contributed by atoms with E-state index in [9.17, 15) is 4.39 Å². The first-order valence-corrected chi connectivity index (χ1v) is 5.30. The maximum Gasteiger partial charge on any atom is 0.0949 e. The SMILES string of the molecule is CC(C)(C)COCC(CF)C(C)(C)C. The van der Waals surface area contributed by atoms with Gasteiger partial charge in [0, 0.05) is 5.92 Å². The Labute approximate surface area is 88.0 Å². The van der Waals surface area contributed by atoms with Crippen LogP contribution in [0, 0.1) is 16.7 Å². The highest BCUT2D eigenvalue weighted by atomic mass is 19.1. The number of rotatable bonds is 4. The zero-order chi connectivity index (χ0) is 11.4. The molecule has 0 heterocycles. The monoisotopic (exact) mass is 204 g/mol. The number of hydrogen-bond acceptors (Lipinski definition) is 1. The van der Waals surface area contributed by atoms with Crippen molar-refractivity contribution < 1.29 is 9.13 Å². The summed E-state index contributed by atoms with van der Waals surface area (Å²) in [4.78, 5) is 0. The number of alkyl halides is 1. The Morgan fingerprint density at radius 3 is 1.86 bits per heavy atom. The van der Waals surface area contributed by atoms with Gasteiger partial charge in [0.25, 0.3) is 0 Å². The van der Waals surface area contributed by atoms with E-state index in [0.29, 0.717) is 13.2 Å². The van der Waals surface area contributed by atoms with Crippen molar-refractivity contribution in [1.29, 1.82) is 0 Å². The molecule has 0 rings (SSSR count). The van der Waals surface area contributed by atoms with E-state index in [1.54, 1.807) is 0 Å². The van der Waals surface area contributed by atoms with Crippen LogP contribution in [-0.2, 0) is 4.74 Å². The molecule has 0 aliphatic carbocycles. The third kappa shape index (κ3) is 6.36. The van der Waals surface area contributed by atoms with Gasteiger partial charge >= 0.3 is 0 Å². The summed E-state index contributed by atoms with van der Waals surface area (Å²) in [6, 6.07) is 0. The average molecular weight is 204 g/mol. The van der Waals surface area contributed by atoms with E-state index in [-0.39, 0.29) is 23.4 Å². The topological polar surface area (TPSA) is 9.23 Å². The van der Waals surface area contributed by atoms with Crippen LogP contribution in [0.2, 0.25) is 0 Å². The van der Waals surface area contributed by atoms with E-state index >= 15 is 0 Å². The maximum atomic E-state index is 12.7. The first-order valence-electron chi connectivity index (χ1n) is 5.30. The molecule has 1 atom stereocenters. The van der Waals surface area contributed by atoms with Gasteiger partial charge in [-0.2, -0.15) is 0 Å². The van der Waals surface area contributed by atoms with Gasteiger partial charge in [0.15, 0.2) is 0 Å². The van der Waals surface area contributed by atoms with Crippen molar-refractivity contribution in [3.8, 4) is 0 Å². The number of halogens is 1. The second-order valence-corrected chi connectivity index (χ2v) is 6.29. The molecule has 86 valence electrons. The molecular formula is C12H25FO. The van der Waals surface area contributed by atoms with Gasteiger partial charge in [-0.05, 0) is 10.8 Å². The van der Waals surface area contributed by atoms with Gasteiger partial charge in [-0.25, -0.2) is 0 Å². The van der Waals surface area contributed by atoms with Gasteiger partial charge in [0.1, 0.15) is 0 Å². The molecule has 1 nitrogen and oxygen atoms in total. The van der Waals surface area contributed by atoms with Gasteiger partial charge in [-0.1, -0.05) is 41.5 Å². The van der Waals surface area contributed by atoms with Crippen molar-refractivity contribution in [2.24, 2.45) is 16.7 Å². The Hall–Kier alpha value is -0.110. The highest BCUT2D eigenvalue weighted by Crippen LogP contribution is 2.27. The van der Waals surface area contributed by atoms with Crippen LogP contribution in [0.4, 0.5) is 4.39 Å². The van der Waals surface area contributed by atoms with Crippen molar-refractivity contribution in [3.05, 3.63) is 0 Å². The highest BCUT2D eigenvalue weighted by molar-refractivity contribution is 4.73. The Kier molecular flexibility index (Phi) is 5.07. The fourth-order valence-corrected chi connectivity index (χ4v) is 1.03. The van der Waals surface area contributed by atoms with E-state index in [2.05, 4.69) is 41.5 Å². The highest BCUT2D eigenvalue weighted by Gasteiger charge is 2.25. The Morgan fingerprint density at radius 2 is 1.57 bits per heavy atom. The molecule has 0 N–H and O–H groups in total. The van der Waals surface area contributed by atoms with Crippen LogP contribution >= 0.6 is 0 Å². The van der Waals surface area contributed by atoms with E-state index < -0.39 is 0 Å². The Balaban J connectivity index is 3.87. The van der Waals surface area contributed by atoms with E-state index in [4.69, 9.17) is 4.74 Å². The minimum absolute atomic E-state index is 0.00449. The van der Waals surface area contributed by atoms with E-state index in [0.717, 1.165) is 0 Å². The van der Waals surface area contributed by atoms with Crippen LogP contribution in [0.25, 0.3) is 0 Å². The first kappa shape index (κ1) is 13.9. The number of hydrogen-bond donors (Lipinski definition) is 0. The van der Waals surface area contributed by atoms with E-state index in [1.807, 2.05) is 0 Å². The zero-order valence-electron chi connectivity index (χ0n) is 10.5. The molecule has 0 aliphatic rings. The van der Waals surface area contributed by atoms with Crippen molar-refractivity contribution in [3.63, 3.8) is 0 Å². The summed E-state index contributed by atoms with van der Waals surface area (Å²) < 4.78 is 18.2. The molecule has 0 aliphatic heterocycles. The van der Waals surface area contributed by atoms with Gasteiger partial charge in [-0.3, -0.25) is 4.39 Å². The molecule has 1 unspecified atom stereocenters. The molecule has 0 aromatic heterocycles. The molecule has 14 heavy (non-hydrogen) atoms. The molecule has 2 heteroatoms. The lowest BCUT2D eigenvalue weighted by molar-refractivity contribution is 0.0105. The lowest BCUT2D eigenvalue weighted by Crippen LogP contribution is -2.28. The van der Waals surface area contributed by atoms with Crippen molar-refractivity contribution >= 4 is 0 Å². The number of ether oxygens (including phenoxy) is 1. The average Bonchev–Trinajstić information content (AvgIpc) is 1.93. The van der Waals surface area contributed by atoms with Crippen LogP contribution in [0.1, 0.15) is 41.5 Å².